The standard InChI is InChI=1S/C18H28N2O6S/c1-5-20(6-2)15-8-9-16(14(4)12-15)19-18(22)26-10-11-27(23,24)13-17(21)25-7-3/h8-9,12H,5-7,10-11,13H2,1-4H3,(H,19,22). The number of anilines is 2. The maximum absolute atomic E-state index is 11.9. The molecule has 27 heavy (non-hydrogen) atoms. The van der Waals surface area contributed by atoms with Crippen molar-refractivity contribution in [2.75, 3.05) is 48.0 Å². The second kappa shape index (κ2) is 10.8. The number of nitrogens with one attached hydrogen (secondary N) is 1. The highest BCUT2D eigenvalue weighted by molar-refractivity contribution is 7.92. The summed E-state index contributed by atoms with van der Waals surface area (Å²) in [6, 6.07) is 5.65. The molecule has 0 unspecified atom stereocenters. The largest absolute Gasteiger partial charge is 0.465 e. The molecule has 9 heteroatoms. The molecule has 1 N–H and O–H groups in total. The Hall–Kier alpha value is -2.29. The van der Waals surface area contributed by atoms with Crippen LogP contribution in [-0.2, 0) is 24.1 Å². The quantitative estimate of drug-likeness (QED) is 0.602. The highest BCUT2D eigenvalue weighted by Crippen LogP contribution is 2.22. The molecule has 1 aromatic rings. The average molecular weight is 400 g/mol. The zero-order chi connectivity index (χ0) is 20.4. The third-order valence-corrected chi connectivity index (χ3v) is 5.31. The fraction of sp³-hybridized carbons (Fsp3) is 0.556. The summed E-state index contributed by atoms with van der Waals surface area (Å²) in [5, 5.41) is 2.59. The topological polar surface area (TPSA) is 102 Å². The number of ether oxygens (including phenoxy) is 2. The van der Waals surface area contributed by atoms with E-state index in [4.69, 9.17) is 4.74 Å². The summed E-state index contributed by atoms with van der Waals surface area (Å²) in [5.41, 5.74) is 2.51. The molecule has 1 rings (SSSR count). The molecule has 0 fully saturated rings. The van der Waals surface area contributed by atoms with Gasteiger partial charge in [0, 0.05) is 24.5 Å². The maximum Gasteiger partial charge on any atom is 0.411 e. The Morgan fingerprint density at radius 1 is 1.11 bits per heavy atom. The molecular weight excluding hydrogens is 372 g/mol. The van der Waals surface area contributed by atoms with Gasteiger partial charge in [0.15, 0.2) is 9.84 Å². The van der Waals surface area contributed by atoms with Crippen LogP contribution in [0.15, 0.2) is 18.2 Å². The van der Waals surface area contributed by atoms with Gasteiger partial charge in [-0.1, -0.05) is 0 Å². The van der Waals surface area contributed by atoms with Crippen molar-refractivity contribution in [3.8, 4) is 0 Å². The molecule has 0 atom stereocenters. The minimum absolute atomic E-state index is 0.111. The summed E-state index contributed by atoms with van der Waals surface area (Å²) in [6.45, 7) is 9.12. The minimum atomic E-state index is -3.69. The van der Waals surface area contributed by atoms with Crippen molar-refractivity contribution in [2.24, 2.45) is 0 Å². The lowest BCUT2D eigenvalue weighted by molar-refractivity contribution is -0.139. The van der Waals surface area contributed by atoms with Crippen molar-refractivity contribution >= 4 is 33.3 Å². The van der Waals surface area contributed by atoms with Gasteiger partial charge in [0.1, 0.15) is 12.4 Å². The van der Waals surface area contributed by atoms with E-state index in [-0.39, 0.29) is 13.2 Å². The van der Waals surface area contributed by atoms with Crippen LogP contribution < -0.4 is 10.2 Å². The molecule has 0 heterocycles. The lowest BCUT2D eigenvalue weighted by atomic mass is 10.1. The molecule has 0 spiro atoms. The Labute approximate surface area is 160 Å². The SMILES string of the molecule is CCOC(=O)CS(=O)(=O)CCOC(=O)Nc1ccc(N(CC)CC)cc1C. The van der Waals surface area contributed by atoms with Crippen LogP contribution in [0.4, 0.5) is 16.2 Å². The summed E-state index contributed by atoms with van der Waals surface area (Å²) in [6.07, 6.45) is -0.750. The van der Waals surface area contributed by atoms with Gasteiger partial charge in [-0.3, -0.25) is 10.1 Å². The van der Waals surface area contributed by atoms with Crippen LogP contribution >= 0.6 is 0 Å². The zero-order valence-corrected chi connectivity index (χ0v) is 17.1. The number of hydrogen-bond acceptors (Lipinski definition) is 7. The fourth-order valence-electron chi connectivity index (χ4n) is 2.44. The molecule has 8 nitrogen and oxygen atoms in total. The monoisotopic (exact) mass is 400 g/mol. The molecule has 0 saturated heterocycles. The minimum Gasteiger partial charge on any atom is -0.465 e. The van der Waals surface area contributed by atoms with Crippen LogP contribution in [0, 0.1) is 6.92 Å². The number of carbonyl (C=O) groups is 2. The second-order valence-electron chi connectivity index (χ2n) is 5.83. The van der Waals surface area contributed by atoms with Gasteiger partial charge in [0.05, 0.1) is 12.4 Å². The number of amides is 1. The van der Waals surface area contributed by atoms with Crippen LogP contribution in [-0.4, -0.2) is 58.3 Å². The van der Waals surface area contributed by atoms with E-state index in [2.05, 4.69) is 28.8 Å². The van der Waals surface area contributed by atoms with E-state index in [1.807, 2.05) is 19.1 Å². The average Bonchev–Trinajstić information content (AvgIpc) is 2.57. The van der Waals surface area contributed by atoms with Crippen LogP contribution in [0.1, 0.15) is 26.3 Å². The first-order chi connectivity index (χ1) is 12.7. The van der Waals surface area contributed by atoms with Gasteiger partial charge >= 0.3 is 12.1 Å². The Kier molecular flexibility index (Phi) is 9.07. The number of nitrogens with zero attached hydrogens (tertiary/aromatic N) is 1. The molecule has 0 bridgehead atoms. The molecule has 0 radical (unpaired) electrons. The zero-order valence-electron chi connectivity index (χ0n) is 16.3. The van der Waals surface area contributed by atoms with Crippen molar-refractivity contribution < 1.29 is 27.5 Å². The second-order valence-corrected chi connectivity index (χ2v) is 8.01. The van der Waals surface area contributed by atoms with Crippen molar-refractivity contribution in [1.82, 2.24) is 0 Å². The van der Waals surface area contributed by atoms with E-state index in [1.165, 1.54) is 0 Å². The molecule has 0 saturated carbocycles. The van der Waals surface area contributed by atoms with E-state index >= 15 is 0 Å². The number of benzene rings is 1. The summed E-state index contributed by atoms with van der Waals surface area (Å²) >= 11 is 0. The summed E-state index contributed by atoms with van der Waals surface area (Å²) in [4.78, 5) is 25.3. The normalized spacial score (nSPS) is 11.0. The number of rotatable bonds is 10. The Morgan fingerprint density at radius 3 is 2.33 bits per heavy atom. The molecule has 0 aliphatic rings. The highest BCUT2D eigenvalue weighted by atomic mass is 32.2. The number of aryl methyl sites for hydroxylation is 1. The van der Waals surface area contributed by atoms with E-state index in [0.717, 1.165) is 24.3 Å². The first-order valence-corrected chi connectivity index (χ1v) is 10.7. The van der Waals surface area contributed by atoms with E-state index in [9.17, 15) is 18.0 Å². The summed E-state index contributed by atoms with van der Waals surface area (Å²) in [5.74, 6) is -1.98. The van der Waals surface area contributed by atoms with E-state index in [1.54, 1.807) is 13.0 Å². The number of hydrogen-bond donors (Lipinski definition) is 1. The van der Waals surface area contributed by atoms with E-state index in [0.29, 0.717) is 5.69 Å². The molecule has 0 aliphatic carbocycles. The predicted molar refractivity (Wildman–Crippen MR) is 105 cm³/mol. The Balaban J connectivity index is 2.54. The van der Waals surface area contributed by atoms with Crippen molar-refractivity contribution in [3.05, 3.63) is 23.8 Å². The molecule has 0 aromatic heterocycles. The first-order valence-electron chi connectivity index (χ1n) is 8.87. The highest BCUT2D eigenvalue weighted by Gasteiger charge is 2.18. The molecule has 0 aliphatic heterocycles. The Bertz CT molecular complexity index is 744. The third-order valence-electron chi connectivity index (χ3n) is 3.85. The van der Waals surface area contributed by atoms with E-state index < -0.39 is 33.4 Å². The fourth-order valence-corrected chi connectivity index (χ4v) is 3.36. The van der Waals surface area contributed by atoms with Crippen LogP contribution in [0.3, 0.4) is 0 Å². The summed E-state index contributed by atoms with van der Waals surface area (Å²) < 4.78 is 33.0. The van der Waals surface area contributed by atoms with Gasteiger partial charge in [0.2, 0.25) is 0 Å². The van der Waals surface area contributed by atoms with Gasteiger partial charge < -0.3 is 14.4 Å². The van der Waals surface area contributed by atoms with Crippen LogP contribution in [0.25, 0.3) is 0 Å². The number of sulfone groups is 1. The van der Waals surface area contributed by atoms with Gasteiger partial charge in [-0.05, 0) is 51.5 Å². The van der Waals surface area contributed by atoms with Gasteiger partial charge in [-0.15, -0.1) is 0 Å². The number of esters is 1. The smallest absolute Gasteiger partial charge is 0.411 e. The first kappa shape index (κ1) is 22.8. The van der Waals surface area contributed by atoms with Crippen LogP contribution in [0.2, 0.25) is 0 Å². The van der Waals surface area contributed by atoms with Crippen LogP contribution in [0.5, 0.6) is 0 Å². The number of carbonyl (C=O) groups excluding carboxylic acids is 2. The van der Waals surface area contributed by atoms with Crippen molar-refractivity contribution in [3.63, 3.8) is 0 Å². The van der Waals surface area contributed by atoms with Gasteiger partial charge in [-0.25, -0.2) is 13.2 Å². The van der Waals surface area contributed by atoms with Gasteiger partial charge in [0.25, 0.3) is 0 Å². The molecule has 1 amide bonds. The third kappa shape index (κ3) is 7.86. The lowest BCUT2D eigenvalue weighted by Gasteiger charge is -2.22. The molecule has 152 valence electrons. The molecule has 1 aromatic carbocycles. The maximum atomic E-state index is 11.9. The summed E-state index contributed by atoms with van der Waals surface area (Å²) in [7, 11) is -3.69. The predicted octanol–water partition coefficient (Wildman–Crippen LogP) is 2.37. The lowest BCUT2D eigenvalue weighted by Crippen LogP contribution is -2.25. The van der Waals surface area contributed by atoms with Crippen molar-refractivity contribution in [1.29, 1.82) is 0 Å². The molecular formula is C18H28N2O6S. The van der Waals surface area contributed by atoms with Gasteiger partial charge in [-0.2, -0.15) is 0 Å². The van der Waals surface area contributed by atoms with Crippen molar-refractivity contribution in [2.45, 2.75) is 27.7 Å². The Morgan fingerprint density at radius 2 is 1.78 bits per heavy atom.